The van der Waals surface area contributed by atoms with E-state index in [1.807, 2.05) is 67.0 Å². The van der Waals surface area contributed by atoms with E-state index in [0.717, 1.165) is 62.3 Å². The van der Waals surface area contributed by atoms with E-state index < -0.39 is 9.84 Å². The van der Waals surface area contributed by atoms with Gasteiger partial charge >= 0.3 is 0 Å². The van der Waals surface area contributed by atoms with Crippen LogP contribution in [0.3, 0.4) is 0 Å². The van der Waals surface area contributed by atoms with Crippen molar-refractivity contribution in [3.63, 3.8) is 0 Å². The Balaban J connectivity index is 0.000000145. The Morgan fingerprint density at radius 3 is 1.51 bits per heavy atom. The first-order valence-corrected chi connectivity index (χ1v) is 35.2. The van der Waals surface area contributed by atoms with Gasteiger partial charge in [0.1, 0.15) is 5.82 Å². The molecule has 0 saturated heterocycles. The molecule has 14 rings (SSSR count). The Morgan fingerprint density at radius 2 is 0.876 bits per heavy atom. The number of rotatable bonds is 0. The molecule has 504 valence electrons. The van der Waals surface area contributed by atoms with Crippen LogP contribution in [-0.4, -0.2) is 38.3 Å². The maximum Gasteiger partial charge on any atom is 0.200 e. The van der Waals surface area contributed by atoms with Crippen LogP contribution in [0.25, 0.3) is 60.7 Å². The second-order valence-corrected chi connectivity index (χ2v) is 34.1. The van der Waals surface area contributed by atoms with Crippen molar-refractivity contribution in [2.45, 2.75) is 195 Å². The first-order chi connectivity index (χ1) is 45.3. The first kappa shape index (κ1) is 73.7. The molecule has 0 fully saturated rings. The molecular formula is C86H102N8O2S. The number of nitrogens with zero attached hydrogens (tertiary/aromatic N) is 7. The number of para-hydroxylation sites is 3. The number of aromatic nitrogens is 6. The Bertz CT molecular complexity index is 4600. The number of aromatic amines is 1. The second kappa shape index (κ2) is 29.7. The number of sulfone groups is 1. The summed E-state index contributed by atoms with van der Waals surface area (Å²) in [6.45, 7) is 46.7. The largest absolute Gasteiger partial charge is 0.342 e. The molecule has 8 aromatic carbocycles. The molecule has 12 aromatic rings. The maximum atomic E-state index is 11.6. The van der Waals surface area contributed by atoms with Crippen molar-refractivity contribution < 1.29 is 8.42 Å². The lowest BCUT2D eigenvalue weighted by molar-refractivity contribution is 0.554. The van der Waals surface area contributed by atoms with Gasteiger partial charge in [-0.15, -0.1) is 0 Å². The van der Waals surface area contributed by atoms with Crippen molar-refractivity contribution in [3.8, 4) is 0 Å². The molecule has 0 amide bonds. The van der Waals surface area contributed by atoms with Crippen LogP contribution in [0.2, 0.25) is 0 Å². The average Bonchev–Trinajstić information content (AvgIpc) is 1.71. The number of azo groups is 1. The van der Waals surface area contributed by atoms with Gasteiger partial charge in [0.2, 0.25) is 0 Å². The lowest BCUT2D eigenvalue weighted by Gasteiger charge is -2.21. The zero-order valence-corrected chi connectivity index (χ0v) is 62.2. The van der Waals surface area contributed by atoms with Crippen molar-refractivity contribution in [3.05, 3.63) is 263 Å². The summed E-state index contributed by atoms with van der Waals surface area (Å²) in [6.07, 6.45) is 8.91. The van der Waals surface area contributed by atoms with Gasteiger partial charge in [-0.3, -0.25) is 19.9 Å². The molecular weight excluding hydrogens is 1210 g/mol. The highest BCUT2D eigenvalue weighted by Gasteiger charge is 2.25. The van der Waals surface area contributed by atoms with Crippen molar-refractivity contribution in [1.29, 1.82) is 0 Å². The fraction of sp³-hybridized carbons (Fsp3) is 0.337. The van der Waals surface area contributed by atoms with Crippen LogP contribution < -0.4 is 0 Å². The third-order valence-corrected chi connectivity index (χ3v) is 18.4. The summed E-state index contributed by atoms with van der Waals surface area (Å²) in [5.41, 5.74) is 18.1. The van der Waals surface area contributed by atoms with E-state index in [2.05, 4.69) is 307 Å². The number of benzene rings is 8. The molecule has 97 heavy (non-hydrogen) atoms. The molecule has 0 aliphatic carbocycles. The van der Waals surface area contributed by atoms with Gasteiger partial charge in [-0.05, 0) is 155 Å². The van der Waals surface area contributed by atoms with E-state index in [9.17, 15) is 8.42 Å². The molecule has 0 atom stereocenters. The molecule has 0 spiro atoms. The quantitative estimate of drug-likeness (QED) is 0.159. The fourth-order valence-electron chi connectivity index (χ4n) is 10.7. The van der Waals surface area contributed by atoms with Crippen LogP contribution in [0.4, 0.5) is 5.69 Å². The summed E-state index contributed by atoms with van der Waals surface area (Å²) >= 11 is 0. The van der Waals surface area contributed by atoms with Crippen LogP contribution in [0.5, 0.6) is 0 Å². The molecule has 6 heterocycles. The van der Waals surface area contributed by atoms with Crippen LogP contribution in [0, 0.1) is 0 Å². The molecule has 2 aliphatic heterocycles. The molecule has 0 saturated carbocycles. The minimum absolute atomic E-state index is 0.0207. The topological polar surface area (TPSA) is 139 Å². The predicted molar refractivity (Wildman–Crippen MR) is 411 cm³/mol. The number of hydrogen-bond donors (Lipinski definition) is 1. The second-order valence-electron chi connectivity index (χ2n) is 32.3. The zero-order valence-electron chi connectivity index (χ0n) is 61.3. The summed E-state index contributed by atoms with van der Waals surface area (Å²) in [5.74, 6) is 1.05. The van der Waals surface area contributed by atoms with Gasteiger partial charge in [-0.1, -0.05) is 261 Å². The highest BCUT2D eigenvalue weighted by molar-refractivity contribution is 7.94. The third kappa shape index (κ3) is 20.0. The van der Waals surface area contributed by atoms with E-state index in [1.165, 1.54) is 60.3 Å². The van der Waals surface area contributed by atoms with Gasteiger partial charge in [0, 0.05) is 51.9 Å². The Kier molecular flexibility index (Phi) is 22.6. The predicted octanol–water partition coefficient (Wildman–Crippen LogP) is 23.3. The normalized spacial score (nSPS) is 13.2. The van der Waals surface area contributed by atoms with Crippen LogP contribution in [-0.2, 0) is 54.3 Å². The van der Waals surface area contributed by atoms with Gasteiger partial charge < -0.3 is 4.98 Å². The molecule has 4 aromatic heterocycles. The van der Waals surface area contributed by atoms with Crippen LogP contribution in [0.15, 0.2) is 227 Å². The maximum absolute atomic E-state index is 11.6. The van der Waals surface area contributed by atoms with Gasteiger partial charge in [-0.25, -0.2) is 13.4 Å². The molecule has 10 nitrogen and oxygen atoms in total. The van der Waals surface area contributed by atoms with Gasteiger partial charge in [0.05, 0.1) is 50.2 Å². The highest BCUT2D eigenvalue weighted by Crippen LogP contribution is 2.35. The number of nitrogens with one attached hydrogen (secondary N) is 1. The van der Waals surface area contributed by atoms with Crippen molar-refractivity contribution in [2.24, 2.45) is 10.2 Å². The van der Waals surface area contributed by atoms with Gasteiger partial charge in [0.15, 0.2) is 9.84 Å². The number of fused-ring (bicyclic) bond motifs is 7. The van der Waals surface area contributed by atoms with Crippen LogP contribution in [0.1, 0.15) is 196 Å². The lowest BCUT2D eigenvalue weighted by Crippen LogP contribution is -2.12. The average molecular weight is 1310 g/mol. The molecule has 0 bridgehead atoms. The van der Waals surface area contributed by atoms with Crippen molar-refractivity contribution >= 4 is 76.2 Å². The van der Waals surface area contributed by atoms with E-state index >= 15 is 0 Å². The van der Waals surface area contributed by atoms with Gasteiger partial charge in [-0.2, -0.15) is 10.2 Å². The molecule has 2 aliphatic rings. The fourth-order valence-corrected chi connectivity index (χ4v) is 11.9. The van der Waals surface area contributed by atoms with Crippen molar-refractivity contribution in [2.75, 3.05) is 0 Å². The summed E-state index contributed by atoms with van der Waals surface area (Å²) in [6, 6.07) is 62.6. The lowest BCUT2D eigenvalue weighted by atomic mass is 9.84. The number of pyridine rings is 2. The molecule has 11 heteroatoms. The van der Waals surface area contributed by atoms with Crippen molar-refractivity contribution in [1.82, 2.24) is 29.9 Å². The van der Waals surface area contributed by atoms with Crippen LogP contribution >= 0.6 is 0 Å². The minimum atomic E-state index is -3.17. The summed E-state index contributed by atoms with van der Waals surface area (Å²) in [4.78, 5) is 25.6. The van der Waals surface area contributed by atoms with E-state index in [0.29, 0.717) is 4.90 Å². The highest BCUT2D eigenvalue weighted by atomic mass is 32.2. The molecule has 0 radical (unpaired) electrons. The monoisotopic (exact) mass is 1310 g/mol. The zero-order chi connectivity index (χ0) is 70.9. The number of H-pyrrole nitrogens is 1. The standard InChI is InChI=1S/C14H16.2C13H15N.C12H14N2.C12H14O2S.2C11H14N2/c1-14(2,3)13-10-6-8-11-7-4-5-9-12(11)13;1-13(2,3)11-6-7-12-10(9-11)5-4-8-14-12;1-13(2,3)11-8-10-6-4-5-7-12(10)14-9-11;1-12(2,3)9-4-5-10-11(8-9)14-7-6-13-10;1-12(2,3)10-5-4-9-6-7-15(13,14)11(9)8-10;1-11(2,3)9-5-4-8-7-12-13-10(8)6-9;1-11(2,3)10-12-8-6-4-5-7-9(8)13-10/h4-10H,1-3H3;2*4-9H,1-3H3;4-8H,1-3H3;4-8H,1-3H3;4-6H,7H2,1-3H3;4-7H,1-3H3,(H,12,13). The molecule has 1 N–H and O–H groups in total. The summed E-state index contributed by atoms with van der Waals surface area (Å²) in [5, 5.41) is 14.5. The van der Waals surface area contributed by atoms with E-state index in [1.54, 1.807) is 24.5 Å². The Hall–Kier alpha value is -9.06. The third-order valence-electron chi connectivity index (χ3n) is 16.9. The smallest absolute Gasteiger partial charge is 0.200 e. The number of imidazole rings is 1. The minimum Gasteiger partial charge on any atom is -0.342 e. The van der Waals surface area contributed by atoms with E-state index in [4.69, 9.17) is 0 Å². The summed E-state index contributed by atoms with van der Waals surface area (Å²) < 4.78 is 23.3. The number of hydrogen-bond acceptors (Lipinski definition) is 9. The Morgan fingerprint density at radius 1 is 0.381 bits per heavy atom. The summed E-state index contributed by atoms with van der Waals surface area (Å²) in [7, 11) is -3.17. The Labute approximate surface area is 578 Å². The van der Waals surface area contributed by atoms with Gasteiger partial charge in [0.25, 0.3) is 0 Å². The molecule has 0 unspecified atom stereocenters. The first-order valence-electron chi connectivity index (χ1n) is 33.7. The van der Waals surface area contributed by atoms with E-state index in [-0.39, 0.29) is 37.9 Å². The SMILES string of the molecule is CC(C)(C)c1ccc2c(c1)N=NC2.CC(C)(C)c1ccc2c(c1)S(=O)(=O)C=C2.CC(C)(C)c1ccc2ncccc2c1.CC(C)(C)c1ccc2nccnc2c1.CC(C)(C)c1cccc2ccccc12.CC(C)(C)c1cnc2ccccc2c1.CC(C)(C)c1nc2ccccc2[nH]1.